The molecular formula is C14H12BrFN2O2. The van der Waals surface area contributed by atoms with Crippen molar-refractivity contribution in [3.63, 3.8) is 0 Å². The van der Waals surface area contributed by atoms with E-state index in [0.717, 1.165) is 0 Å². The normalized spacial score (nSPS) is 10.2. The van der Waals surface area contributed by atoms with Gasteiger partial charge in [0.2, 0.25) is 0 Å². The highest BCUT2D eigenvalue weighted by Gasteiger charge is 2.14. The van der Waals surface area contributed by atoms with Gasteiger partial charge in [0.05, 0.1) is 11.6 Å². The SMILES string of the molecule is COc1ccc(Oc2ccc(C(=N)N)c(Br)c2F)cc1. The van der Waals surface area contributed by atoms with Crippen molar-refractivity contribution in [2.45, 2.75) is 0 Å². The monoisotopic (exact) mass is 338 g/mol. The number of nitrogen functional groups attached to an aromatic ring is 1. The molecule has 0 saturated heterocycles. The molecule has 20 heavy (non-hydrogen) atoms. The van der Waals surface area contributed by atoms with Gasteiger partial charge in [0.25, 0.3) is 0 Å². The van der Waals surface area contributed by atoms with Crippen molar-refractivity contribution in [1.82, 2.24) is 0 Å². The lowest BCUT2D eigenvalue weighted by atomic mass is 10.2. The highest BCUT2D eigenvalue weighted by molar-refractivity contribution is 9.10. The molecule has 0 saturated carbocycles. The molecule has 0 aromatic heterocycles. The molecule has 6 heteroatoms. The zero-order valence-electron chi connectivity index (χ0n) is 10.6. The molecule has 0 spiro atoms. The molecule has 0 aliphatic rings. The molecule has 0 amide bonds. The van der Waals surface area contributed by atoms with E-state index in [9.17, 15) is 4.39 Å². The van der Waals surface area contributed by atoms with Crippen LogP contribution in [0.25, 0.3) is 0 Å². The van der Waals surface area contributed by atoms with Crippen LogP contribution in [0.4, 0.5) is 4.39 Å². The molecule has 0 aliphatic carbocycles. The van der Waals surface area contributed by atoms with E-state index in [1.807, 2.05) is 0 Å². The fourth-order valence-corrected chi connectivity index (χ4v) is 2.13. The number of halogens is 2. The third-order valence-electron chi connectivity index (χ3n) is 2.62. The van der Waals surface area contributed by atoms with Crippen LogP contribution in [0.15, 0.2) is 40.9 Å². The predicted molar refractivity (Wildman–Crippen MR) is 78.2 cm³/mol. The molecule has 4 nitrogen and oxygen atoms in total. The third-order valence-corrected chi connectivity index (χ3v) is 3.40. The Morgan fingerprint density at radius 1 is 1.15 bits per heavy atom. The zero-order chi connectivity index (χ0) is 14.7. The second-order valence-corrected chi connectivity index (χ2v) is 4.72. The smallest absolute Gasteiger partial charge is 0.180 e. The van der Waals surface area contributed by atoms with E-state index in [1.165, 1.54) is 12.1 Å². The van der Waals surface area contributed by atoms with Gasteiger partial charge in [-0.15, -0.1) is 0 Å². The van der Waals surface area contributed by atoms with Gasteiger partial charge >= 0.3 is 0 Å². The van der Waals surface area contributed by atoms with Gasteiger partial charge in [0, 0.05) is 5.56 Å². The van der Waals surface area contributed by atoms with Gasteiger partial charge in [-0.1, -0.05) is 0 Å². The number of nitrogens with one attached hydrogen (secondary N) is 1. The fraction of sp³-hybridized carbons (Fsp3) is 0.0714. The van der Waals surface area contributed by atoms with Crippen LogP contribution in [-0.2, 0) is 0 Å². The molecule has 0 atom stereocenters. The van der Waals surface area contributed by atoms with E-state index in [1.54, 1.807) is 31.4 Å². The van der Waals surface area contributed by atoms with Gasteiger partial charge in [-0.3, -0.25) is 5.41 Å². The van der Waals surface area contributed by atoms with Crippen LogP contribution in [0.2, 0.25) is 0 Å². The van der Waals surface area contributed by atoms with Crippen molar-refractivity contribution >= 4 is 21.8 Å². The summed E-state index contributed by atoms with van der Waals surface area (Å²) in [5.74, 6) is 0.394. The van der Waals surface area contributed by atoms with Gasteiger partial charge in [-0.25, -0.2) is 4.39 Å². The maximum Gasteiger partial charge on any atom is 0.180 e. The van der Waals surface area contributed by atoms with Crippen molar-refractivity contribution in [2.75, 3.05) is 7.11 Å². The van der Waals surface area contributed by atoms with Crippen molar-refractivity contribution in [1.29, 1.82) is 5.41 Å². The zero-order valence-corrected chi connectivity index (χ0v) is 12.2. The maximum absolute atomic E-state index is 14.1. The minimum absolute atomic E-state index is 0.0482. The molecule has 0 fully saturated rings. The number of benzene rings is 2. The molecule has 0 aliphatic heterocycles. The van der Waals surface area contributed by atoms with Crippen molar-refractivity contribution in [3.05, 3.63) is 52.3 Å². The quantitative estimate of drug-likeness (QED) is 0.660. The molecule has 2 aromatic rings. The van der Waals surface area contributed by atoms with Crippen LogP contribution in [0.1, 0.15) is 5.56 Å². The van der Waals surface area contributed by atoms with E-state index in [0.29, 0.717) is 11.5 Å². The lowest BCUT2D eigenvalue weighted by Crippen LogP contribution is -2.12. The first-order chi connectivity index (χ1) is 9.52. The maximum atomic E-state index is 14.1. The Morgan fingerprint density at radius 2 is 1.75 bits per heavy atom. The fourth-order valence-electron chi connectivity index (χ4n) is 1.59. The number of hydrogen-bond donors (Lipinski definition) is 2. The number of nitrogens with two attached hydrogens (primary N) is 1. The molecule has 0 heterocycles. The molecule has 0 unspecified atom stereocenters. The third kappa shape index (κ3) is 2.91. The summed E-state index contributed by atoms with van der Waals surface area (Å²) in [5.41, 5.74) is 5.63. The number of hydrogen-bond acceptors (Lipinski definition) is 3. The van der Waals surface area contributed by atoms with Crippen LogP contribution in [0.5, 0.6) is 17.2 Å². The van der Waals surface area contributed by atoms with Crippen LogP contribution in [0, 0.1) is 11.2 Å². The molecule has 0 radical (unpaired) electrons. The van der Waals surface area contributed by atoms with E-state index in [-0.39, 0.29) is 21.6 Å². The second-order valence-electron chi connectivity index (χ2n) is 3.93. The van der Waals surface area contributed by atoms with Gasteiger partial charge in [0.1, 0.15) is 17.3 Å². The Labute approximate surface area is 124 Å². The number of methoxy groups -OCH3 is 1. The van der Waals surface area contributed by atoms with Crippen molar-refractivity contribution in [3.8, 4) is 17.2 Å². The molecule has 2 aromatic carbocycles. The first-order valence-electron chi connectivity index (χ1n) is 5.67. The minimum Gasteiger partial charge on any atom is -0.497 e. The largest absolute Gasteiger partial charge is 0.497 e. The summed E-state index contributed by atoms with van der Waals surface area (Å²) in [5, 5.41) is 7.34. The van der Waals surface area contributed by atoms with E-state index in [4.69, 9.17) is 20.6 Å². The van der Waals surface area contributed by atoms with E-state index < -0.39 is 5.82 Å². The molecule has 104 valence electrons. The molecule has 3 N–H and O–H groups in total. The lowest BCUT2D eigenvalue weighted by molar-refractivity contribution is 0.411. The first kappa shape index (κ1) is 14.3. The van der Waals surface area contributed by atoms with Crippen LogP contribution < -0.4 is 15.2 Å². The summed E-state index contributed by atoms with van der Waals surface area (Å²) in [6.45, 7) is 0. The van der Waals surface area contributed by atoms with Crippen LogP contribution >= 0.6 is 15.9 Å². The van der Waals surface area contributed by atoms with Crippen molar-refractivity contribution < 1.29 is 13.9 Å². The number of ether oxygens (including phenoxy) is 2. The summed E-state index contributed by atoms with van der Waals surface area (Å²) in [6, 6.07) is 9.73. The van der Waals surface area contributed by atoms with Gasteiger partial charge < -0.3 is 15.2 Å². The standard InChI is InChI=1S/C14H12BrFN2O2/c1-19-8-2-4-9(5-3-8)20-11-7-6-10(14(17)18)12(15)13(11)16/h2-7H,1H3,(H3,17,18). The topological polar surface area (TPSA) is 68.3 Å². The summed E-state index contributed by atoms with van der Waals surface area (Å²) in [6.07, 6.45) is 0. The van der Waals surface area contributed by atoms with Crippen molar-refractivity contribution in [2.24, 2.45) is 5.73 Å². The number of rotatable bonds is 4. The Morgan fingerprint density at radius 3 is 2.30 bits per heavy atom. The Kier molecular flexibility index (Phi) is 4.24. The molecular weight excluding hydrogens is 327 g/mol. The molecule has 2 rings (SSSR count). The van der Waals surface area contributed by atoms with Gasteiger partial charge in [-0.05, 0) is 52.3 Å². The average Bonchev–Trinajstić information content (AvgIpc) is 2.44. The van der Waals surface area contributed by atoms with Crippen LogP contribution in [-0.4, -0.2) is 12.9 Å². The predicted octanol–water partition coefficient (Wildman–Crippen LogP) is 3.67. The second kappa shape index (κ2) is 5.92. The molecule has 0 bridgehead atoms. The summed E-state index contributed by atoms with van der Waals surface area (Å²) < 4.78 is 24.7. The van der Waals surface area contributed by atoms with Crippen LogP contribution in [0.3, 0.4) is 0 Å². The minimum atomic E-state index is -0.603. The lowest BCUT2D eigenvalue weighted by Gasteiger charge is -2.10. The van der Waals surface area contributed by atoms with Gasteiger partial charge in [-0.2, -0.15) is 0 Å². The Hall–Kier alpha value is -2.08. The highest BCUT2D eigenvalue weighted by Crippen LogP contribution is 2.32. The van der Waals surface area contributed by atoms with E-state index in [2.05, 4.69) is 15.9 Å². The summed E-state index contributed by atoms with van der Waals surface area (Å²) in [7, 11) is 1.56. The number of amidine groups is 1. The van der Waals surface area contributed by atoms with Gasteiger partial charge in [0.15, 0.2) is 11.6 Å². The average molecular weight is 339 g/mol. The Balaban J connectivity index is 2.29. The Bertz CT molecular complexity index is 644. The highest BCUT2D eigenvalue weighted by atomic mass is 79.9. The summed E-state index contributed by atoms with van der Waals surface area (Å²) in [4.78, 5) is 0. The summed E-state index contributed by atoms with van der Waals surface area (Å²) >= 11 is 3.07. The van der Waals surface area contributed by atoms with E-state index >= 15 is 0 Å². The first-order valence-corrected chi connectivity index (χ1v) is 6.46.